The fraction of sp³-hybridized carbons (Fsp3) is 0.360. The SMILES string of the molecule is O=C1[C@@H]2[C@@H](C(=O)N1C1CCCC1)C1(O[C@H]2c2ccccc2)C(=O)c2ccccc2C1=O. The van der Waals surface area contributed by atoms with Crippen molar-refractivity contribution in [2.24, 2.45) is 11.8 Å². The second-order valence-corrected chi connectivity index (χ2v) is 8.88. The zero-order chi connectivity index (χ0) is 21.3. The zero-order valence-corrected chi connectivity index (χ0v) is 16.8. The molecule has 2 aliphatic carbocycles. The van der Waals surface area contributed by atoms with Crippen LogP contribution in [0.1, 0.15) is 58.1 Å². The first kappa shape index (κ1) is 18.6. The van der Waals surface area contributed by atoms with Crippen molar-refractivity contribution in [3.63, 3.8) is 0 Å². The van der Waals surface area contributed by atoms with Crippen molar-refractivity contribution in [1.29, 1.82) is 0 Å². The quantitative estimate of drug-likeness (QED) is 0.556. The van der Waals surface area contributed by atoms with E-state index in [4.69, 9.17) is 4.74 Å². The van der Waals surface area contributed by atoms with Crippen LogP contribution < -0.4 is 0 Å². The molecule has 2 heterocycles. The second kappa shape index (κ2) is 6.44. The number of hydrogen-bond donors (Lipinski definition) is 0. The molecule has 3 fully saturated rings. The third-order valence-electron chi connectivity index (χ3n) is 7.37. The first-order valence-corrected chi connectivity index (χ1v) is 10.8. The number of nitrogens with zero attached hydrogens (tertiary/aromatic N) is 1. The lowest BCUT2D eigenvalue weighted by Gasteiger charge is -2.29. The molecule has 2 saturated heterocycles. The maximum atomic E-state index is 13.7. The van der Waals surface area contributed by atoms with Crippen LogP contribution in [0.25, 0.3) is 0 Å². The topological polar surface area (TPSA) is 80.8 Å². The van der Waals surface area contributed by atoms with Crippen molar-refractivity contribution in [2.75, 3.05) is 0 Å². The zero-order valence-electron chi connectivity index (χ0n) is 16.8. The van der Waals surface area contributed by atoms with Gasteiger partial charge < -0.3 is 4.74 Å². The summed E-state index contributed by atoms with van der Waals surface area (Å²) in [5.41, 5.74) is -0.742. The first-order valence-electron chi connectivity index (χ1n) is 10.8. The number of carbonyl (C=O) groups excluding carboxylic acids is 4. The minimum absolute atomic E-state index is 0.159. The van der Waals surface area contributed by atoms with Crippen LogP contribution in [0.15, 0.2) is 54.6 Å². The van der Waals surface area contributed by atoms with Crippen LogP contribution in [0.2, 0.25) is 0 Å². The highest BCUT2D eigenvalue weighted by atomic mass is 16.5. The fourth-order valence-electron chi connectivity index (χ4n) is 6.01. The Kier molecular flexibility index (Phi) is 3.87. The number of carbonyl (C=O) groups is 4. The summed E-state index contributed by atoms with van der Waals surface area (Å²) in [6.07, 6.45) is 2.64. The van der Waals surface area contributed by atoms with Gasteiger partial charge in [0.2, 0.25) is 29.0 Å². The molecular formula is C25H21NO5. The molecule has 3 atom stereocenters. The van der Waals surface area contributed by atoms with E-state index in [0.717, 1.165) is 25.7 Å². The van der Waals surface area contributed by atoms with Crippen molar-refractivity contribution in [3.8, 4) is 0 Å². The number of ketones is 2. The molecule has 2 aromatic carbocycles. The molecule has 2 amide bonds. The number of imide groups is 1. The largest absolute Gasteiger partial charge is 0.349 e. The van der Waals surface area contributed by atoms with Crippen LogP contribution in [0.5, 0.6) is 0 Å². The summed E-state index contributed by atoms with van der Waals surface area (Å²) in [4.78, 5) is 55.8. The van der Waals surface area contributed by atoms with Crippen LogP contribution in [-0.4, -0.2) is 39.9 Å². The Morgan fingerprint density at radius 2 is 1.35 bits per heavy atom. The molecule has 0 aromatic heterocycles. The van der Waals surface area contributed by atoms with Gasteiger partial charge >= 0.3 is 0 Å². The summed E-state index contributed by atoms with van der Waals surface area (Å²) in [6.45, 7) is 0. The molecule has 31 heavy (non-hydrogen) atoms. The number of amides is 2. The number of hydrogen-bond acceptors (Lipinski definition) is 5. The van der Waals surface area contributed by atoms with Gasteiger partial charge in [0.15, 0.2) is 0 Å². The summed E-state index contributed by atoms with van der Waals surface area (Å²) >= 11 is 0. The van der Waals surface area contributed by atoms with E-state index in [1.807, 2.05) is 30.3 Å². The average molecular weight is 415 g/mol. The average Bonchev–Trinajstić information content (AvgIpc) is 3.54. The van der Waals surface area contributed by atoms with Crippen LogP contribution in [-0.2, 0) is 14.3 Å². The van der Waals surface area contributed by atoms with Crippen LogP contribution in [0.4, 0.5) is 0 Å². The van der Waals surface area contributed by atoms with Gasteiger partial charge in [0, 0.05) is 17.2 Å². The molecule has 1 saturated carbocycles. The Bertz CT molecular complexity index is 1100. The number of ether oxygens (including phenoxy) is 1. The molecule has 0 bridgehead atoms. The van der Waals surface area contributed by atoms with Gasteiger partial charge in [-0.1, -0.05) is 67.4 Å². The molecular weight excluding hydrogens is 394 g/mol. The second-order valence-electron chi connectivity index (χ2n) is 8.88. The summed E-state index contributed by atoms with van der Waals surface area (Å²) in [5, 5.41) is 0. The van der Waals surface area contributed by atoms with E-state index < -0.39 is 41.0 Å². The lowest BCUT2D eigenvalue weighted by atomic mass is 9.77. The van der Waals surface area contributed by atoms with Gasteiger partial charge in [-0.25, -0.2) is 0 Å². The number of rotatable bonds is 2. The highest BCUT2D eigenvalue weighted by Crippen LogP contribution is 2.57. The van der Waals surface area contributed by atoms with Crippen LogP contribution >= 0.6 is 0 Å². The monoisotopic (exact) mass is 415 g/mol. The molecule has 4 aliphatic rings. The highest BCUT2D eigenvalue weighted by molar-refractivity contribution is 6.35. The number of likely N-dealkylation sites (tertiary alicyclic amines) is 1. The summed E-state index contributed by atoms with van der Waals surface area (Å²) in [7, 11) is 0. The molecule has 6 heteroatoms. The molecule has 6 nitrogen and oxygen atoms in total. The predicted molar refractivity (Wildman–Crippen MR) is 109 cm³/mol. The smallest absolute Gasteiger partial charge is 0.237 e. The molecule has 2 aliphatic heterocycles. The van der Waals surface area contributed by atoms with Crippen molar-refractivity contribution in [2.45, 2.75) is 43.4 Å². The standard InChI is InChI=1S/C25H21NO5/c27-21-16-12-6-7-13-17(16)22(28)25(21)19-18(20(31-25)14-8-2-1-3-9-14)23(29)26(24(19)30)15-10-4-5-11-15/h1-3,6-9,12-13,15,18-20H,4-5,10-11H2/t18-,19+,20+/m1/s1. The minimum Gasteiger partial charge on any atom is -0.349 e. The van der Waals surface area contributed by atoms with Crippen molar-refractivity contribution >= 4 is 23.4 Å². The number of fused-ring (bicyclic) bond motifs is 3. The van der Waals surface area contributed by atoms with Gasteiger partial charge in [0.1, 0.15) is 0 Å². The Hall–Kier alpha value is -3.12. The third-order valence-corrected chi connectivity index (χ3v) is 7.37. The fourth-order valence-corrected chi connectivity index (χ4v) is 6.01. The van der Waals surface area contributed by atoms with Gasteiger partial charge in [-0.05, 0) is 18.4 Å². The van der Waals surface area contributed by atoms with Gasteiger partial charge in [0.25, 0.3) is 0 Å². The van der Waals surface area contributed by atoms with E-state index in [9.17, 15) is 19.2 Å². The van der Waals surface area contributed by atoms with E-state index in [2.05, 4.69) is 0 Å². The Morgan fingerprint density at radius 3 is 1.97 bits per heavy atom. The van der Waals surface area contributed by atoms with Gasteiger partial charge in [-0.15, -0.1) is 0 Å². The highest BCUT2D eigenvalue weighted by Gasteiger charge is 2.75. The molecule has 0 unspecified atom stereocenters. The van der Waals surface area contributed by atoms with Crippen molar-refractivity contribution in [3.05, 3.63) is 71.3 Å². The summed E-state index contributed by atoms with van der Waals surface area (Å²) < 4.78 is 6.25. The van der Waals surface area contributed by atoms with Crippen LogP contribution in [0.3, 0.4) is 0 Å². The Morgan fingerprint density at radius 1 is 0.774 bits per heavy atom. The molecule has 156 valence electrons. The van der Waals surface area contributed by atoms with E-state index in [-0.39, 0.29) is 23.1 Å². The van der Waals surface area contributed by atoms with Gasteiger partial charge in [-0.2, -0.15) is 0 Å². The lowest BCUT2D eigenvalue weighted by Crippen LogP contribution is -2.51. The number of benzene rings is 2. The van der Waals surface area contributed by atoms with Gasteiger partial charge in [0.05, 0.1) is 17.9 Å². The summed E-state index contributed by atoms with van der Waals surface area (Å²) in [5.74, 6) is -3.76. The van der Waals surface area contributed by atoms with Gasteiger partial charge in [-0.3, -0.25) is 24.1 Å². The molecule has 0 N–H and O–H groups in total. The van der Waals surface area contributed by atoms with E-state index in [1.54, 1.807) is 24.3 Å². The lowest BCUT2D eigenvalue weighted by molar-refractivity contribution is -0.147. The van der Waals surface area contributed by atoms with Crippen LogP contribution in [0, 0.1) is 11.8 Å². The predicted octanol–water partition coefficient (Wildman–Crippen LogP) is 3.12. The molecule has 0 radical (unpaired) electrons. The van der Waals surface area contributed by atoms with E-state index >= 15 is 0 Å². The normalized spacial score (nSPS) is 29.3. The van der Waals surface area contributed by atoms with Crippen molar-refractivity contribution in [1.82, 2.24) is 4.90 Å². The number of Topliss-reactive ketones (excluding diaryl/α,β-unsaturated/α-hetero) is 2. The van der Waals surface area contributed by atoms with E-state index in [1.165, 1.54) is 4.90 Å². The molecule has 6 rings (SSSR count). The Labute approximate surface area is 179 Å². The minimum atomic E-state index is -1.96. The first-order chi connectivity index (χ1) is 15.1. The maximum absolute atomic E-state index is 13.7. The third kappa shape index (κ3) is 2.26. The maximum Gasteiger partial charge on any atom is 0.237 e. The Balaban J connectivity index is 1.53. The molecule has 2 aromatic rings. The van der Waals surface area contributed by atoms with E-state index in [0.29, 0.717) is 5.56 Å². The summed E-state index contributed by atoms with van der Waals surface area (Å²) in [6, 6.07) is 15.5. The molecule has 1 spiro atoms. The van der Waals surface area contributed by atoms with Crippen molar-refractivity contribution < 1.29 is 23.9 Å².